The Bertz CT molecular complexity index is 1400. The van der Waals surface area contributed by atoms with Crippen molar-refractivity contribution in [3.05, 3.63) is 99.5 Å². The standard InChI is InChI=1S/C26H25N7OS/c34-25(28-17-21-11-6-7-13-27-21)26-33-31-23(35-26)12-5-4-10-20-15-19-16-22(29-24(19)32-30-20)14-18-8-2-1-3-9-18/h1-3,6-9,11,13,15-16H,4-5,10,12,14,17H2,(H,28,34)(H,29,32). The molecule has 176 valence electrons. The molecule has 4 heterocycles. The predicted molar refractivity (Wildman–Crippen MR) is 135 cm³/mol. The van der Waals surface area contributed by atoms with E-state index in [-0.39, 0.29) is 5.91 Å². The molecule has 1 amide bonds. The number of fused-ring (bicyclic) bond motifs is 1. The summed E-state index contributed by atoms with van der Waals surface area (Å²) in [5, 5.41) is 22.1. The number of benzene rings is 1. The van der Waals surface area contributed by atoms with E-state index in [9.17, 15) is 4.79 Å². The fourth-order valence-corrected chi connectivity index (χ4v) is 4.64. The number of nitrogens with one attached hydrogen (secondary N) is 2. The van der Waals surface area contributed by atoms with E-state index in [0.717, 1.165) is 65.2 Å². The van der Waals surface area contributed by atoms with Crippen LogP contribution in [-0.2, 0) is 25.8 Å². The van der Waals surface area contributed by atoms with Crippen LogP contribution < -0.4 is 5.32 Å². The number of pyridine rings is 1. The Kier molecular flexibility index (Phi) is 7.14. The van der Waals surface area contributed by atoms with Gasteiger partial charge in [-0.05, 0) is 49.1 Å². The number of hydrogen-bond donors (Lipinski definition) is 2. The van der Waals surface area contributed by atoms with Gasteiger partial charge in [-0.2, -0.15) is 5.10 Å². The minimum Gasteiger partial charge on any atom is -0.344 e. The van der Waals surface area contributed by atoms with Gasteiger partial charge in [-0.3, -0.25) is 9.78 Å². The maximum absolute atomic E-state index is 12.3. The number of rotatable bonds is 10. The Balaban J connectivity index is 1.09. The van der Waals surface area contributed by atoms with E-state index in [1.54, 1.807) is 6.20 Å². The maximum Gasteiger partial charge on any atom is 0.282 e. The van der Waals surface area contributed by atoms with Crippen molar-refractivity contribution in [3.8, 4) is 0 Å². The van der Waals surface area contributed by atoms with Crippen LogP contribution >= 0.6 is 11.3 Å². The second kappa shape index (κ2) is 11.0. The fraction of sp³-hybridized carbons (Fsp3) is 0.231. The fourth-order valence-electron chi connectivity index (χ4n) is 3.84. The number of hydrogen-bond acceptors (Lipinski definition) is 7. The third kappa shape index (κ3) is 6.13. The van der Waals surface area contributed by atoms with Gasteiger partial charge in [-0.15, -0.1) is 15.3 Å². The van der Waals surface area contributed by atoms with Crippen molar-refractivity contribution >= 4 is 28.3 Å². The second-order valence-electron chi connectivity index (χ2n) is 8.31. The number of H-pyrrole nitrogens is 1. The molecule has 0 bridgehead atoms. The van der Waals surface area contributed by atoms with Gasteiger partial charge in [-0.25, -0.2) is 0 Å². The van der Waals surface area contributed by atoms with Crippen molar-refractivity contribution in [2.24, 2.45) is 0 Å². The highest BCUT2D eigenvalue weighted by atomic mass is 32.1. The molecule has 0 atom stereocenters. The topological polar surface area (TPSA) is 109 Å². The van der Waals surface area contributed by atoms with Gasteiger partial charge in [0, 0.05) is 30.1 Å². The molecular weight excluding hydrogens is 458 g/mol. The summed E-state index contributed by atoms with van der Waals surface area (Å²) in [6.07, 6.45) is 6.08. The summed E-state index contributed by atoms with van der Waals surface area (Å²) >= 11 is 1.34. The Morgan fingerprint density at radius 3 is 2.60 bits per heavy atom. The Hall–Kier alpha value is -3.98. The van der Waals surface area contributed by atoms with Crippen LogP contribution in [-0.4, -0.2) is 36.3 Å². The zero-order valence-electron chi connectivity index (χ0n) is 19.1. The lowest BCUT2D eigenvalue weighted by molar-refractivity contribution is 0.0949. The molecule has 0 aliphatic heterocycles. The predicted octanol–water partition coefficient (Wildman–Crippen LogP) is 4.29. The lowest BCUT2D eigenvalue weighted by Crippen LogP contribution is -2.23. The van der Waals surface area contributed by atoms with E-state index in [0.29, 0.717) is 11.6 Å². The van der Waals surface area contributed by atoms with Crippen LogP contribution in [0.1, 0.15) is 50.3 Å². The molecule has 1 aromatic carbocycles. The normalized spacial score (nSPS) is 11.1. The van der Waals surface area contributed by atoms with Gasteiger partial charge < -0.3 is 10.3 Å². The average molecular weight is 484 g/mol. The molecule has 0 fully saturated rings. The van der Waals surface area contributed by atoms with E-state index in [1.165, 1.54) is 16.9 Å². The van der Waals surface area contributed by atoms with Gasteiger partial charge >= 0.3 is 0 Å². The average Bonchev–Trinajstić information content (AvgIpc) is 3.53. The molecule has 5 rings (SSSR count). The first-order chi connectivity index (χ1) is 17.2. The first-order valence-electron chi connectivity index (χ1n) is 11.6. The van der Waals surface area contributed by atoms with Crippen molar-refractivity contribution < 1.29 is 4.79 Å². The molecule has 9 heteroatoms. The molecule has 0 saturated carbocycles. The lowest BCUT2D eigenvalue weighted by Gasteiger charge is -2.01. The summed E-state index contributed by atoms with van der Waals surface area (Å²) in [4.78, 5) is 19.9. The smallest absolute Gasteiger partial charge is 0.282 e. The molecule has 0 aliphatic carbocycles. The van der Waals surface area contributed by atoms with Crippen molar-refractivity contribution in [2.75, 3.05) is 0 Å². The zero-order chi connectivity index (χ0) is 23.9. The number of amides is 1. The van der Waals surface area contributed by atoms with Gasteiger partial charge in [0.15, 0.2) is 5.65 Å². The van der Waals surface area contributed by atoms with Crippen LogP contribution in [0.25, 0.3) is 11.0 Å². The maximum atomic E-state index is 12.3. The highest BCUT2D eigenvalue weighted by Crippen LogP contribution is 2.18. The Morgan fingerprint density at radius 1 is 0.886 bits per heavy atom. The van der Waals surface area contributed by atoms with Gasteiger partial charge in [-0.1, -0.05) is 47.7 Å². The van der Waals surface area contributed by atoms with Crippen molar-refractivity contribution in [1.29, 1.82) is 0 Å². The van der Waals surface area contributed by atoms with E-state index < -0.39 is 0 Å². The van der Waals surface area contributed by atoms with Crippen LogP contribution in [0.4, 0.5) is 0 Å². The number of carbonyl (C=O) groups excluding carboxylic acids is 1. The monoisotopic (exact) mass is 483 g/mol. The van der Waals surface area contributed by atoms with Crippen molar-refractivity contribution in [3.63, 3.8) is 0 Å². The quantitative estimate of drug-likeness (QED) is 0.287. The first-order valence-corrected chi connectivity index (χ1v) is 12.4. The van der Waals surface area contributed by atoms with Crippen molar-refractivity contribution in [2.45, 2.75) is 38.6 Å². The van der Waals surface area contributed by atoms with Gasteiger partial charge in [0.2, 0.25) is 5.01 Å². The molecular formula is C26H25N7OS. The summed E-state index contributed by atoms with van der Waals surface area (Å²) in [5.41, 5.74) is 5.00. The van der Waals surface area contributed by atoms with Gasteiger partial charge in [0.05, 0.1) is 17.9 Å². The first kappa shape index (κ1) is 22.8. The summed E-state index contributed by atoms with van der Waals surface area (Å²) < 4.78 is 0. The van der Waals surface area contributed by atoms with Crippen molar-refractivity contribution in [1.82, 2.24) is 35.7 Å². The summed E-state index contributed by atoms with van der Waals surface area (Å²) in [6, 6.07) is 20.2. The molecule has 4 aromatic heterocycles. The molecule has 5 aromatic rings. The van der Waals surface area contributed by atoms with Crippen LogP contribution in [0.2, 0.25) is 0 Å². The lowest BCUT2D eigenvalue weighted by atomic mass is 10.1. The second-order valence-corrected chi connectivity index (χ2v) is 9.37. The molecule has 0 saturated heterocycles. The Labute approximate surface area is 206 Å². The molecule has 0 spiro atoms. The SMILES string of the molecule is O=C(NCc1ccccn1)c1nnc(CCCCc2cc3cc(Cc4ccccc4)[nH]c3nn2)s1. The number of unbranched alkanes of at least 4 members (excludes halogenated alkanes) is 1. The molecule has 2 N–H and O–H groups in total. The van der Waals surface area contributed by atoms with E-state index in [1.807, 2.05) is 24.3 Å². The zero-order valence-corrected chi connectivity index (χ0v) is 20.0. The largest absolute Gasteiger partial charge is 0.344 e. The molecule has 8 nitrogen and oxygen atoms in total. The number of nitrogens with zero attached hydrogens (tertiary/aromatic N) is 5. The van der Waals surface area contributed by atoms with Crippen LogP contribution in [0.15, 0.2) is 66.9 Å². The third-order valence-electron chi connectivity index (χ3n) is 5.61. The molecule has 0 aliphatic rings. The number of aromatic nitrogens is 6. The van der Waals surface area contributed by atoms with Gasteiger partial charge in [0.1, 0.15) is 5.01 Å². The molecule has 0 radical (unpaired) electrons. The van der Waals surface area contributed by atoms with E-state index in [2.05, 4.69) is 72.1 Å². The molecule has 35 heavy (non-hydrogen) atoms. The minimum absolute atomic E-state index is 0.221. The van der Waals surface area contributed by atoms with Gasteiger partial charge in [0.25, 0.3) is 5.91 Å². The van der Waals surface area contributed by atoms with Crippen LogP contribution in [0, 0.1) is 0 Å². The van der Waals surface area contributed by atoms with E-state index in [4.69, 9.17) is 0 Å². The number of carbonyl (C=O) groups is 1. The number of aryl methyl sites for hydroxylation is 2. The third-order valence-corrected chi connectivity index (χ3v) is 6.59. The highest BCUT2D eigenvalue weighted by Gasteiger charge is 2.13. The van der Waals surface area contributed by atoms with Crippen LogP contribution in [0.5, 0.6) is 0 Å². The summed E-state index contributed by atoms with van der Waals surface area (Å²) in [6.45, 7) is 0.370. The van der Waals surface area contributed by atoms with Crippen LogP contribution in [0.3, 0.4) is 0 Å². The summed E-state index contributed by atoms with van der Waals surface area (Å²) in [5.74, 6) is -0.221. The van der Waals surface area contributed by atoms with E-state index >= 15 is 0 Å². The highest BCUT2D eigenvalue weighted by molar-refractivity contribution is 7.13. The Morgan fingerprint density at radius 2 is 1.74 bits per heavy atom. The molecule has 0 unspecified atom stereocenters. The number of aromatic amines is 1. The summed E-state index contributed by atoms with van der Waals surface area (Å²) in [7, 11) is 0. The minimum atomic E-state index is -0.221.